The Balaban J connectivity index is 1.27. The molecule has 0 bridgehead atoms. The Morgan fingerprint density at radius 3 is 1.94 bits per heavy atom. The number of rotatable bonds is 4. The fourth-order valence-electron chi connectivity index (χ4n) is 7.58. The van der Waals surface area contributed by atoms with E-state index in [1.54, 1.807) is 0 Å². The number of hydrogen-bond acceptors (Lipinski definition) is 2. The van der Waals surface area contributed by atoms with Crippen LogP contribution in [0.25, 0.3) is 74.4 Å². The highest BCUT2D eigenvalue weighted by Crippen LogP contribution is 2.46. The van der Waals surface area contributed by atoms with Gasteiger partial charge >= 0.3 is 0 Å². The van der Waals surface area contributed by atoms with Crippen molar-refractivity contribution < 1.29 is 0 Å². The van der Waals surface area contributed by atoms with E-state index in [2.05, 4.69) is 181 Å². The minimum absolute atomic E-state index is 1.13. The summed E-state index contributed by atoms with van der Waals surface area (Å²) >= 11 is 1.87. The number of para-hydroxylation sites is 1. The quantitative estimate of drug-likeness (QED) is 0.176. The van der Waals surface area contributed by atoms with Crippen LogP contribution in [-0.2, 0) is 0 Å². The van der Waals surface area contributed by atoms with Crippen LogP contribution in [0.15, 0.2) is 176 Å². The second-order valence-corrected chi connectivity index (χ2v) is 13.6. The van der Waals surface area contributed by atoms with Crippen molar-refractivity contribution >= 4 is 91.7 Å². The van der Waals surface area contributed by atoms with Crippen molar-refractivity contribution in [3.63, 3.8) is 0 Å². The van der Waals surface area contributed by atoms with E-state index in [-0.39, 0.29) is 0 Å². The zero-order valence-corrected chi connectivity index (χ0v) is 26.9. The number of thiophene rings is 1. The Labute approximate surface area is 282 Å². The van der Waals surface area contributed by atoms with Gasteiger partial charge in [0.1, 0.15) is 0 Å². The van der Waals surface area contributed by atoms with Crippen molar-refractivity contribution in [2.75, 3.05) is 4.90 Å². The van der Waals surface area contributed by atoms with Gasteiger partial charge in [-0.25, -0.2) is 0 Å². The number of hydrogen-bond donors (Lipinski definition) is 0. The van der Waals surface area contributed by atoms with Gasteiger partial charge in [-0.2, -0.15) is 0 Å². The van der Waals surface area contributed by atoms with E-state index in [0.717, 1.165) is 11.4 Å². The first-order valence-corrected chi connectivity index (χ1v) is 17.2. The van der Waals surface area contributed by atoms with Gasteiger partial charge in [0.05, 0.1) is 11.4 Å². The average molecular weight is 628 g/mol. The van der Waals surface area contributed by atoms with Crippen molar-refractivity contribution in [2.24, 2.45) is 0 Å². The fourth-order valence-corrected chi connectivity index (χ4v) is 8.71. The van der Waals surface area contributed by atoms with Crippen molar-refractivity contribution in [3.8, 4) is 11.1 Å². The lowest BCUT2D eigenvalue weighted by Gasteiger charge is -2.29. The number of fused-ring (bicyclic) bond motifs is 9. The van der Waals surface area contributed by atoms with E-state index >= 15 is 0 Å². The summed E-state index contributed by atoms with van der Waals surface area (Å²) in [5, 5.41) is 12.7. The summed E-state index contributed by atoms with van der Waals surface area (Å²) in [6.07, 6.45) is 0. The summed E-state index contributed by atoms with van der Waals surface area (Å²) in [6.45, 7) is 0. The highest BCUT2D eigenvalue weighted by Gasteiger charge is 2.20. The molecule has 2 heteroatoms. The molecule has 0 saturated carbocycles. The molecule has 0 aliphatic heterocycles. The monoisotopic (exact) mass is 627 g/mol. The molecule has 0 fully saturated rings. The lowest BCUT2D eigenvalue weighted by atomic mass is 9.95. The lowest BCUT2D eigenvalue weighted by Crippen LogP contribution is -2.11. The van der Waals surface area contributed by atoms with Crippen LogP contribution < -0.4 is 4.90 Å². The molecule has 0 N–H and O–H groups in total. The van der Waals surface area contributed by atoms with Gasteiger partial charge in [-0.1, -0.05) is 133 Å². The maximum absolute atomic E-state index is 2.47. The Morgan fingerprint density at radius 1 is 0.354 bits per heavy atom. The topological polar surface area (TPSA) is 3.24 Å². The molecule has 0 amide bonds. The molecule has 9 aromatic carbocycles. The number of anilines is 3. The van der Waals surface area contributed by atoms with E-state index in [9.17, 15) is 0 Å². The van der Waals surface area contributed by atoms with Crippen LogP contribution in [-0.4, -0.2) is 0 Å². The second kappa shape index (κ2) is 10.8. The van der Waals surface area contributed by atoms with Crippen molar-refractivity contribution in [1.29, 1.82) is 0 Å². The smallest absolute Gasteiger partial charge is 0.0540 e. The first-order valence-electron chi connectivity index (χ1n) is 16.4. The number of nitrogens with zero attached hydrogens (tertiary/aromatic N) is 1. The van der Waals surface area contributed by atoms with Crippen LogP contribution in [0.5, 0.6) is 0 Å². The van der Waals surface area contributed by atoms with Crippen molar-refractivity contribution in [1.82, 2.24) is 0 Å². The second-order valence-electron chi connectivity index (χ2n) is 12.5. The summed E-state index contributed by atoms with van der Waals surface area (Å²) in [6, 6.07) is 64.6. The maximum Gasteiger partial charge on any atom is 0.0540 e. The van der Waals surface area contributed by atoms with E-state index in [1.807, 2.05) is 11.3 Å². The minimum Gasteiger partial charge on any atom is -0.309 e. The standard InChI is InChI=1S/C46H29NS/c1-2-11-30(12-3-1)36-15-6-8-18-42(36)47(43-19-10-14-33-28-45-41(29-40(33)43)39-17-7-9-20-44(39)48-45)35-25-26-38-34(27-35)24-23-32-22-21-31-13-4-5-16-37(31)46(32)38/h1-29H. The van der Waals surface area contributed by atoms with Crippen molar-refractivity contribution in [2.45, 2.75) is 0 Å². The Hall–Kier alpha value is -5.96. The van der Waals surface area contributed by atoms with Crippen molar-refractivity contribution in [3.05, 3.63) is 176 Å². The van der Waals surface area contributed by atoms with E-state index in [4.69, 9.17) is 0 Å². The first-order chi connectivity index (χ1) is 23.8. The summed E-state index contributed by atoms with van der Waals surface area (Å²) in [4.78, 5) is 2.47. The molecule has 10 rings (SSSR count). The van der Waals surface area contributed by atoms with Gasteiger partial charge in [0, 0.05) is 36.8 Å². The highest BCUT2D eigenvalue weighted by atomic mass is 32.1. The maximum atomic E-state index is 2.47. The van der Waals surface area contributed by atoms with Gasteiger partial charge in [-0.05, 0) is 85.7 Å². The molecule has 48 heavy (non-hydrogen) atoms. The normalized spacial score (nSPS) is 11.8. The third kappa shape index (κ3) is 4.24. The van der Waals surface area contributed by atoms with Crippen LogP contribution in [0.4, 0.5) is 17.1 Å². The molecule has 0 aliphatic rings. The Kier molecular flexibility index (Phi) is 6.12. The van der Waals surface area contributed by atoms with Gasteiger partial charge in [-0.15, -0.1) is 11.3 Å². The molecular weight excluding hydrogens is 599 g/mol. The molecule has 0 radical (unpaired) electrons. The molecule has 1 heterocycles. The highest BCUT2D eigenvalue weighted by molar-refractivity contribution is 7.25. The molecule has 0 atom stereocenters. The summed E-state index contributed by atoms with van der Waals surface area (Å²) in [5.74, 6) is 0. The Morgan fingerprint density at radius 2 is 1.02 bits per heavy atom. The SMILES string of the molecule is c1ccc(-c2ccccc2N(c2ccc3c(ccc4ccc5ccccc5c43)c2)c2cccc3cc4sc5ccccc5c4cc23)cc1. The third-order valence-corrected chi connectivity index (χ3v) is 10.9. The molecule has 0 aliphatic carbocycles. The van der Waals surface area contributed by atoms with E-state index in [0.29, 0.717) is 0 Å². The predicted octanol–water partition coefficient (Wildman–Crippen LogP) is 13.8. The largest absolute Gasteiger partial charge is 0.309 e. The lowest BCUT2D eigenvalue weighted by molar-refractivity contribution is 1.30. The molecule has 1 nitrogen and oxygen atoms in total. The molecule has 1 aromatic heterocycles. The first kappa shape index (κ1) is 27.2. The third-order valence-electron chi connectivity index (χ3n) is 9.79. The Bertz CT molecular complexity index is 2850. The van der Waals surface area contributed by atoms with Crippen LogP contribution >= 0.6 is 11.3 Å². The van der Waals surface area contributed by atoms with Gasteiger partial charge < -0.3 is 4.90 Å². The van der Waals surface area contributed by atoms with Crippen LogP contribution in [0.3, 0.4) is 0 Å². The van der Waals surface area contributed by atoms with Gasteiger partial charge in [-0.3, -0.25) is 0 Å². The molecule has 0 unspecified atom stereocenters. The fraction of sp³-hybridized carbons (Fsp3) is 0. The molecule has 0 saturated heterocycles. The average Bonchev–Trinajstić information content (AvgIpc) is 3.52. The molecule has 0 spiro atoms. The molecule has 10 aromatic rings. The zero-order chi connectivity index (χ0) is 31.6. The summed E-state index contributed by atoms with van der Waals surface area (Å²) in [7, 11) is 0. The van der Waals surface area contributed by atoms with Gasteiger partial charge in [0.15, 0.2) is 0 Å². The molecule has 224 valence electrons. The van der Waals surface area contributed by atoms with Crippen LogP contribution in [0.2, 0.25) is 0 Å². The van der Waals surface area contributed by atoms with E-state index in [1.165, 1.54) is 80.1 Å². The zero-order valence-electron chi connectivity index (χ0n) is 26.1. The van der Waals surface area contributed by atoms with Gasteiger partial charge in [0.2, 0.25) is 0 Å². The predicted molar refractivity (Wildman–Crippen MR) is 209 cm³/mol. The van der Waals surface area contributed by atoms with Crippen LogP contribution in [0, 0.1) is 0 Å². The summed E-state index contributed by atoms with van der Waals surface area (Å²) in [5.41, 5.74) is 5.84. The minimum atomic E-state index is 1.13. The number of benzene rings is 9. The molecular formula is C46H29NS. The van der Waals surface area contributed by atoms with Crippen LogP contribution in [0.1, 0.15) is 0 Å². The van der Waals surface area contributed by atoms with E-state index < -0.39 is 0 Å². The summed E-state index contributed by atoms with van der Waals surface area (Å²) < 4.78 is 2.65. The van der Waals surface area contributed by atoms with Gasteiger partial charge in [0.25, 0.3) is 0 Å².